The van der Waals surface area contributed by atoms with Crippen LogP contribution in [0.15, 0.2) is 0 Å². The van der Waals surface area contributed by atoms with Gasteiger partial charge in [-0.25, -0.2) is 8.78 Å². The van der Waals surface area contributed by atoms with Gasteiger partial charge in [0.05, 0.1) is 0 Å². The van der Waals surface area contributed by atoms with E-state index in [0.29, 0.717) is 6.42 Å². The molecule has 55 valence electrons. The summed E-state index contributed by atoms with van der Waals surface area (Å²) < 4.78 is 24.2. The molecule has 0 fully saturated rings. The van der Waals surface area contributed by atoms with Crippen molar-refractivity contribution >= 4 is 0 Å². The van der Waals surface area contributed by atoms with Gasteiger partial charge in [-0.05, 0) is 13.3 Å². The van der Waals surface area contributed by atoms with Crippen LogP contribution in [0.5, 0.6) is 0 Å². The molecule has 0 aromatic carbocycles. The van der Waals surface area contributed by atoms with Crippen molar-refractivity contribution in [2.24, 2.45) is 0 Å². The lowest BCUT2D eigenvalue weighted by molar-refractivity contribution is 0.189. The van der Waals surface area contributed by atoms with E-state index in [1.807, 2.05) is 6.92 Å². The minimum Gasteiger partial charge on any atom is -0.244 e. The molecular formula is C7H13F2. The molecule has 0 N–H and O–H groups in total. The normalized spacial score (nSPS) is 17.3. The largest absolute Gasteiger partial charge is 0.244 e. The highest BCUT2D eigenvalue weighted by Gasteiger charge is 2.13. The Hall–Kier alpha value is -0.140. The maximum Gasteiger partial charge on any atom is 0.131 e. The van der Waals surface area contributed by atoms with Crippen molar-refractivity contribution in [2.75, 3.05) is 0 Å². The third-order valence-electron chi connectivity index (χ3n) is 1.23. The van der Waals surface area contributed by atoms with Crippen molar-refractivity contribution in [3.63, 3.8) is 0 Å². The summed E-state index contributed by atoms with van der Waals surface area (Å²) in [5.41, 5.74) is 0. The first-order valence-corrected chi connectivity index (χ1v) is 3.29. The summed E-state index contributed by atoms with van der Waals surface area (Å²) in [6.07, 6.45) is -0.938. The first kappa shape index (κ1) is 8.86. The number of halogens is 2. The molecule has 0 rings (SSSR count). The number of alkyl halides is 2. The standard InChI is InChI=1S/C7H13F2/c1-3-4-5-7(9)6(2)8/h6-7H,2-5H2,1H3. The summed E-state index contributed by atoms with van der Waals surface area (Å²) in [5, 5.41) is 0. The van der Waals surface area contributed by atoms with E-state index in [-0.39, 0.29) is 0 Å². The summed E-state index contributed by atoms with van der Waals surface area (Å²) in [4.78, 5) is 0. The molecule has 1 radical (unpaired) electrons. The zero-order valence-corrected chi connectivity index (χ0v) is 5.74. The Morgan fingerprint density at radius 2 is 2.00 bits per heavy atom. The zero-order valence-electron chi connectivity index (χ0n) is 5.74. The van der Waals surface area contributed by atoms with Gasteiger partial charge >= 0.3 is 0 Å². The van der Waals surface area contributed by atoms with Gasteiger partial charge in [0.1, 0.15) is 12.3 Å². The van der Waals surface area contributed by atoms with Crippen LogP contribution in [0.4, 0.5) is 8.78 Å². The second-order valence-electron chi connectivity index (χ2n) is 2.17. The van der Waals surface area contributed by atoms with E-state index in [2.05, 4.69) is 6.92 Å². The van der Waals surface area contributed by atoms with E-state index in [4.69, 9.17) is 0 Å². The highest BCUT2D eigenvalue weighted by molar-refractivity contribution is 4.68. The molecule has 0 aliphatic heterocycles. The third kappa shape index (κ3) is 4.37. The molecule has 0 saturated carbocycles. The highest BCUT2D eigenvalue weighted by atomic mass is 19.2. The average molecular weight is 135 g/mol. The summed E-state index contributed by atoms with van der Waals surface area (Å²) in [6, 6.07) is 0. The maximum absolute atomic E-state index is 12.3. The Kier molecular flexibility index (Phi) is 4.64. The average Bonchev–Trinajstić information content (AvgIpc) is 1.82. The van der Waals surface area contributed by atoms with Gasteiger partial charge in [0, 0.05) is 0 Å². The predicted molar refractivity (Wildman–Crippen MR) is 34.7 cm³/mol. The lowest BCUT2D eigenvalue weighted by Gasteiger charge is -2.06. The molecule has 0 heterocycles. The van der Waals surface area contributed by atoms with E-state index in [0.717, 1.165) is 12.8 Å². The van der Waals surface area contributed by atoms with Crippen LogP contribution in [0.25, 0.3) is 0 Å². The molecule has 2 unspecified atom stereocenters. The number of hydrogen-bond acceptors (Lipinski definition) is 0. The van der Waals surface area contributed by atoms with Crippen LogP contribution in [-0.2, 0) is 0 Å². The fourth-order valence-electron chi connectivity index (χ4n) is 0.580. The molecule has 0 aliphatic rings. The van der Waals surface area contributed by atoms with Gasteiger partial charge in [-0.15, -0.1) is 0 Å². The fraction of sp³-hybridized carbons (Fsp3) is 0.857. The van der Waals surface area contributed by atoms with Gasteiger partial charge in [0.15, 0.2) is 0 Å². The minimum absolute atomic E-state index is 0.307. The zero-order chi connectivity index (χ0) is 7.28. The summed E-state index contributed by atoms with van der Waals surface area (Å²) in [6.45, 7) is 4.90. The molecule has 0 aromatic rings. The smallest absolute Gasteiger partial charge is 0.131 e. The minimum atomic E-state index is -1.54. The van der Waals surface area contributed by atoms with Crippen LogP contribution >= 0.6 is 0 Å². The van der Waals surface area contributed by atoms with Crippen molar-refractivity contribution < 1.29 is 8.78 Å². The molecule has 9 heavy (non-hydrogen) atoms. The van der Waals surface area contributed by atoms with Crippen molar-refractivity contribution in [3.05, 3.63) is 6.92 Å². The number of unbranched alkanes of at least 4 members (excludes halogenated alkanes) is 1. The second-order valence-corrected chi connectivity index (χ2v) is 2.17. The van der Waals surface area contributed by atoms with Crippen molar-refractivity contribution in [3.8, 4) is 0 Å². The Bertz CT molecular complexity index is 61.9. The fourth-order valence-corrected chi connectivity index (χ4v) is 0.580. The Morgan fingerprint density at radius 3 is 2.33 bits per heavy atom. The van der Waals surface area contributed by atoms with Gasteiger partial charge < -0.3 is 0 Å². The molecule has 2 atom stereocenters. The molecule has 2 heteroatoms. The number of hydrogen-bond donors (Lipinski definition) is 0. The SMILES string of the molecule is [CH2]C(F)C(F)CCCC. The monoisotopic (exact) mass is 135 g/mol. The van der Waals surface area contributed by atoms with Gasteiger partial charge in [0.25, 0.3) is 0 Å². The van der Waals surface area contributed by atoms with Crippen molar-refractivity contribution in [1.82, 2.24) is 0 Å². The van der Waals surface area contributed by atoms with Gasteiger partial charge in [-0.3, -0.25) is 0 Å². The number of rotatable bonds is 4. The van der Waals surface area contributed by atoms with Gasteiger partial charge in [0.2, 0.25) is 0 Å². The molecular weight excluding hydrogens is 122 g/mol. The second kappa shape index (κ2) is 4.71. The van der Waals surface area contributed by atoms with E-state index in [1.165, 1.54) is 0 Å². The lowest BCUT2D eigenvalue weighted by Crippen LogP contribution is -2.12. The topological polar surface area (TPSA) is 0 Å². The molecule has 0 aliphatic carbocycles. The summed E-state index contributed by atoms with van der Waals surface area (Å²) >= 11 is 0. The predicted octanol–water partition coefficient (Wildman–Crippen LogP) is 2.69. The van der Waals surface area contributed by atoms with E-state index < -0.39 is 12.3 Å². The first-order valence-electron chi connectivity index (χ1n) is 3.29. The molecule has 0 bridgehead atoms. The van der Waals surface area contributed by atoms with Crippen LogP contribution in [0, 0.1) is 6.92 Å². The van der Waals surface area contributed by atoms with E-state index in [9.17, 15) is 8.78 Å². The molecule has 0 spiro atoms. The Morgan fingerprint density at radius 1 is 1.44 bits per heavy atom. The quantitative estimate of drug-likeness (QED) is 0.556. The first-order chi connectivity index (χ1) is 4.18. The Balaban J connectivity index is 3.16. The van der Waals surface area contributed by atoms with Crippen LogP contribution in [0.3, 0.4) is 0 Å². The summed E-state index contributed by atoms with van der Waals surface area (Å²) in [7, 11) is 0. The molecule has 0 amide bonds. The summed E-state index contributed by atoms with van der Waals surface area (Å²) in [5.74, 6) is 0. The molecule has 0 aromatic heterocycles. The van der Waals surface area contributed by atoms with Crippen LogP contribution in [0.2, 0.25) is 0 Å². The van der Waals surface area contributed by atoms with E-state index >= 15 is 0 Å². The van der Waals surface area contributed by atoms with Crippen LogP contribution in [0.1, 0.15) is 26.2 Å². The van der Waals surface area contributed by atoms with Gasteiger partial charge in [-0.1, -0.05) is 19.8 Å². The van der Waals surface area contributed by atoms with Crippen molar-refractivity contribution in [2.45, 2.75) is 38.5 Å². The van der Waals surface area contributed by atoms with Crippen molar-refractivity contribution in [1.29, 1.82) is 0 Å². The molecule has 0 nitrogen and oxygen atoms in total. The van der Waals surface area contributed by atoms with E-state index in [1.54, 1.807) is 0 Å². The maximum atomic E-state index is 12.3. The van der Waals surface area contributed by atoms with Crippen LogP contribution in [-0.4, -0.2) is 12.3 Å². The Labute approximate surface area is 55.3 Å². The third-order valence-corrected chi connectivity index (χ3v) is 1.23. The van der Waals surface area contributed by atoms with Crippen LogP contribution < -0.4 is 0 Å². The van der Waals surface area contributed by atoms with Gasteiger partial charge in [-0.2, -0.15) is 0 Å². The lowest BCUT2D eigenvalue weighted by atomic mass is 10.1. The molecule has 0 saturated heterocycles. The highest BCUT2D eigenvalue weighted by Crippen LogP contribution is 2.10.